The van der Waals surface area contributed by atoms with Gasteiger partial charge in [0, 0.05) is 28.7 Å². The molecule has 0 bridgehead atoms. The summed E-state index contributed by atoms with van der Waals surface area (Å²) in [7, 11) is -2.91. The zero-order valence-electron chi connectivity index (χ0n) is 11.8. The molecule has 2 heterocycles. The lowest BCUT2D eigenvalue weighted by Crippen LogP contribution is -2.42. The molecule has 1 unspecified atom stereocenters. The van der Waals surface area contributed by atoms with Crippen LogP contribution in [0.15, 0.2) is 30.5 Å². The van der Waals surface area contributed by atoms with E-state index in [0.717, 1.165) is 16.5 Å². The largest absolute Gasteiger partial charge is 0.306 e. The summed E-state index contributed by atoms with van der Waals surface area (Å²) in [5.41, 5.74) is 1.53. The van der Waals surface area contributed by atoms with Crippen molar-refractivity contribution in [3.05, 3.63) is 41.0 Å². The molecule has 1 N–H and O–H groups in total. The first-order valence-corrected chi connectivity index (χ1v) is 9.06. The van der Waals surface area contributed by atoms with Crippen LogP contribution in [0.4, 0.5) is 0 Å². The minimum atomic E-state index is -2.91. The van der Waals surface area contributed by atoms with Crippen LogP contribution in [0.2, 0.25) is 5.02 Å². The number of benzene rings is 1. The van der Waals surface area contributed by atoms with Crippen molar-refractivity contribution >= 4 is 32.3 Å². The van der Waals surface area contributed by atoms with Gasteiger partial charge in [-0.05, 0) is 37.1 Å². The van der Waals surface area contributed by atoms with E-state index in [4.69, 9.17) is 11.6 Å². The second-order valence-corrected chi connectivity index (χ2v) is 8.45. The summed E-state index contributed by atoms with van der Waals surface area (Å²) < 4.78 is 23.3. The zero-order valence-corrected chi connectivity index (χ0v) is 13.3. The maximum Gasteiger partial charge on any atom is 0.152 e. The van der Waals surface area contributed by atoms with Gasteiger partial charge >= 0.3 is 0 Å². The van der Waals surface area contributed by atoms with Crippen LogP contribution in [-0.4, -0.2) is 30.4 Å². The molecule has 1 saturated heterocycles. The van der Waals surface area contributed by atoms with Crippen molar-refractivity contribution in [2.75, 3.05) is 11.5 Å². The first-order chi connectivity index (χ1) is 9.89. The van der Waals surface area contributed by atoms with Gasteiger partial charge in [-0.2, -0.15) is 0 Å². The van der Waals surface area contributed by atoms with E-state index in [-0.39, 0.29) is 17.0 Å². The molecule has 3 rings (SSSR count). The minimum Gasteiger partial charge on any atom is -0.306 e. The first-order valence-electron chi connectivity index (χ1n) is 6.86. The van der Waals surface area contributed by atoms with Crippen LogP contribution in [0.3, 0.4) is 0 Å². The van der Waals surface area contributed by atoms with Crippen LogP contribution < -0.4 is 5.32 Å². The standard InChI is InChI=1S/C15H17ClN2O2S/c1-15(6-8-21(19,20)10-15)18-9-11-4-5-13(16)12-3-2-7-17-14(11)12/h2-5,7,18H,6,8-10H2,1H3. The Labute approximate surface area is 129 Å². The molecule has 0 radical (unpaired) electrons. The van der Waals surface area contributed by atoms with Gasteiger partial charge in [-0.3, -0.25) is 4.98 Å². The quantitative estimate of drug-likeness (QED) is 0.942. The Morgan fingerprint density at radius 2 is 2.19 bits per heavy atom. The molecule has 1 aliphatic rings. The van der Waals surface area contributed by atoms with Gasteiger partial charge in [0.15, 0.2) is 9.84 Å². The summed E-state index contributed by atoms with van der Waals surface area (Å²) in [5, 5.41) is 4.98. The molecule has 1 atom stereocenters. The number of halogens is 1. The monoisotopic (exact) mass is 324 g/mol. The highest BCUT2D eigenvalue weighted by atomic mass is 35.5. The molecule has 1 aliphatic heterocycles. The van der Waals surface area contributed by atoms with Gasteiger partial charge in [0.05, 0.1) is 17.0 Å². The second kappa shape index (κ2) is 5.23. The molecular weight excluding hydrogens is 308 g/mol. The predicted molar refractivity (Wildman–Crippen MR) is 85.3 cm³/mol. The molecular formula is C15H17ClN2O2S. The van der Waals surface area contributed by atoms with Crippen molar-refractivity contribution in [2.24, 2.45) is 0 Å². The summed E-state index contributed by atoms with van der Waals surface area (Å²) in [5.74, 6) is 0.453. The van der Waals surface area contributed by atoms with Crippen molar-refractivity contribution in [1.29, 1.82) is 0 Å². The van der Waals surface area contributed by atoms with Gasteiger partial charge in [0.1, 0.15) is 0 Å². The summed E-state index contributed by atoms with van der Waals surface area (Å²) in [6, 6.07) is 7.60. The maximum absolute atomic E-state index is 11.6. The van der Waals surface area contributed by atoms with Crippen LogP contribution in [0, 0.1) is 0 Å². The van der Waals surface area contributed by atoms with Crippen molar-refractivity contribution in [3.63, 3.8) is 0 Å². The zero-order chi connectivity index (χ0) is 15.1. The lowest BCUT2D eigenvalue weighted by atomic mass is 10.0. The van der Waals surface area contributed by atoms with Crippen LogP contribution in [0.1, 0.15) is 18.9 Å². The Hall–Kier alpha value is -1.17. The fraction of sp³-hybridized carbons (Fsp3) is 0.400. The number of aromatic nitrogens is 1. The predicted octanol–water partition coefficient (Wildman–Crippen LogP) is 2.56. The van der Waals surface area contributed by atoms with Crippen LogP contribution in [0.25, 0.3) is 10.9 Å². The molecule has 112 valence electrons. The molecule has 1 fully saturated rings. The van der Waals surface area contributed by atoms with Gasteiger partial charge < -0.3 is 5.32 Å². The van der Waals surface area contributed by atoms with E-state index >= 15 is 0 Å². The first kappa shape index (κ1) is 14.8. The average molecular weight is 325 g/mol. The molecule has 1 aromatic carbocycles. The number of pyridine rings is 1. The Morgan fingerprint density at radius 1 is 1.38 bits per heavy atom. The summed E-state index contributed by atoms with van der Waals surface area (Å²) in [4.78, 5) is 4.40. The van der Waals surface area contributed by atoms with Crippen LogP contribution >= 0.6 is 11.6 Å². The number of nitrogens with zero attached hydrogens (tertiary/aromatic N) is 1. The highest BCUT2D eigenvalue weighted by Crippen LogP contribution is 2.27. The van der Waals surface area contributed by atoms with Gasteiger partial charge in [0.2, 0.25) is 0 Å². The smallest absolute Gasteiger partial charge is 0.152 e. The Balaban J connectivity index is 1.85. The number of fused-ring (bicyclic) bond motifs is 1. The van der Waals surface area contributed by atoms with E-state index < -0.39 is 9.84 Å². The van der Waals surface area contributed by atoms with Crippen molar-refractivity contribution in [2.45, 2.75) is 25.4 Å². The Kier molecular flexibility index (Phi) is 3.67. The minimum absolute atomic E-state index is 0.193. The SMILES string of the molecule is CC1(NCc2ccc(Cl)c3cccnc23)CCS(=O)(=O)C1. The summed E-state index contributed by atoms with van der Waals surface area (Å²) in [6.45, 7) is 2.54. The molecule has 0 aliphatic carbocycles. The van der Waals surface area contributed by atoms with E-state index in [1.807, 2.05) is 31.2 Å². The number of nitrogens with one attached hydrogen (secondary N) is 1. The van der Waals surface area contributed by atoms with Crippen molar-refractivity contribution in [1.82, 2.24) is 10.3 Å². The Bertz CT molecular complexity index is 791. The van der Waals surface area contributed by atoms with E-state index in [0.29, 0.717) is 18.0 Å². The average Bonchev–Trinajstić information content (AvgIpc) is 2.73. The normalized spacial score (nSPS) is 24.5. The summed E-state index contributed by atoms with van der Waals surface area (Å²) >= 11 is 6.18. The summed E-state index contributed by atoms with van der Waals surface area (Å²) in [6.07, 6.45) is 2.39. The van der Waals surface area contributed by atoms with Crippen LogP contribution in [0.5, 0.6) is 0 Å². The lowest BCUT2D eigenvalue weighted by Gasteiger charge is -2.24. The molecule has 0 amide bonds. The lowest BCUT2D eigenvalue weighted by molar-refractivity contribution is 0.396. The highest BCUT2D eigenvalue weighted by Gasteiger charge is 2.37. The van der Waals surface area contributed by atoms with Crippen molar-refractivity contribution < 1.29 is 8.42 Å². The number of hydrogen-bond acceptors (Lipinski definition) is 4. The van der Waals surface area contributed by atoms with E-state index in [2.05, 4.69) is 10.3 Å². The van der Waals surface area contributed by atoms with Gasteiger partial charge in [-0.25, -0.2) is 8.42 Å². The fourth-order valence-electron chi connectivity index (χ4n) is 2.80. The molecule has 0 saturated carbocycles. The molecule has 6 heteroatoms. The third-order valence-electron chi connectivity index (χ3n) is 4.01. The second-order valence-electron chi connectivity index (χ2n) is 5.86. The highest BCUT2D eigenvalue weighted by molar-refractivity contribution is 7.91. The maximum atomic E-state index is 11.6. The van der Waals surface area contributed by atoms with Crippen LogP contribution in [-0.2, 0) is 16.4 Å². The molecule has 0 spiro atoms. The molecule has 2 aromatic rings. The third kappa shape index (κ3) is 3.05. The molecule has 4 nitrogen and oxygen atoms in total. The molecule has 1 aromatic heterocycles. The fourth-order valence-corrected chi connectivity index (χ4v) is 5.14. The number of rotatable bonds is 3. The van der Waals surface area contributed by atoms with E-state index in [1.165, 1.54) is 0 Å². The van der Waals surface area contributed by atoms with E-state index in [9.17, 15) is 8.42 Å². The number of sulfone groups is 1. The van der Waals surface area contributed by atoms with Gasteiger partial charge in [-0.1, -0.05) is 17.7 Å². The number of hydrogen-bond donors (Lipinski definition) is 1. The topological polar surface area (TPSA) is 59.1 Å². The van der Waals surface area contributed by atoms with Gasteiger partial charge in [-0.15, -0.1) is 0 Å². The Morgan fingerprint density at radius 3 is 2.90 bits per heavy atom. The van der Waals surface area contributed by atoms with Crippen molar-refractivity contribution in [3.8, 4) is 0 Å². The third-order valence-corrected chi connectivity index (χ3v) is 6.24. The molecule has 21 heavy (non-hydrogen) atoms. The van der Waals surface area contributed by atoms with Gasteiger partial charge in [0.25, 0.3) is 0 Å². The van der Waals surface area contributed by atoms with E-state index in [1.54, 1.807) is 6.20 Å².